The van der Waals surface area contributed by atoms with Gasteiger partial charge in [-0.1, -0.05) is 24.3 Å². The van der Waals surface area contributed by atoms with E-state index in [4.69, 9.17) is 9.97 Å². The first kappa shape index (κ1) is 19.7. The van der Waals surface area contributed by atoms with Gasteiger partial charge < -0.3 is 4.98 Å². The molecule has 0 amide bonds. The van der Waals surface area contributed by atoms with E-state index in [0.717, 1.165) is 42.8 Å². The number of aromatic nitrogens is 4. The molecule has 29 heavy (non-hydrogen) atoms. The lowest BCUT2D eigenvalue weighted by Crippen LogP contribution is -2.31. The highest BCUT2D eigenvalue weighted by Crippen LogP contribution is 2.34. The van der Waals surface area contributed by atoms with Crippen molar-refractivity contribution in [2.75, 3.05) is 0 Å². The third-order valence-corrected chi connectivity index (χ3v) is 5.51. The molecule has 0 saturated heterocycles. The van der Waals surface area contributed by atoms with Crippen molar-refractivity contribution < 1.29 is 0 Å². The molecule has 0 radical (unpaired) electrons. The minimum atomic E-state index is 0. The van der Waals surface area contributed by atoms with Crippen LogP contribution >= 0.6 is 17.0 Å². The number of nitrogens with zero attached hydrogens (tertiary/aromatic N) is 4. The summed E-state index contributed by atoms with van der Waals surface area (Å²) in [5, 5.41) is 0. The molecule has 0 fully saturated rings. The molecule has 1 aliphatic rings. The maximum absolute atomic E-state index is 4.81. The van der Waals surface area contributed by atoms with E-state index < -0.39 is 0 Å². The summed E-state index contributed by atoms with van der Waals surface area (Å²) in [6.07, 6.45) is 9.11. The monoisotopic (exact) mass is 449 g/mol. The van der Waals surface area contributed by atoms with Gasteiger partial charge in [0.05, 0.1) is 29.3 Å². The maximum Gasteiger partial charge on any atom is 0.121 e. The molecule has 5 rings (SSSR count). The molecule has 6 heteroatoms. The molecule has 3 aromatic heterocycles. The first-order chi connectivity index (χ1) is 13.9. The van der Waals surface area contributed by atoms with Crippen LogP contribution in [0.1, 0.15) is 41.5 Å². The minimum Gasteiger partial charge on any atom is -0.341 e. The average Bonchev–Trinajstić information content (AvgIpc) is 3.16. The molecule has 0 spiro atoms. The number of imidazole rings is 1. The third kappa shape index (κ3) is 4.23. The average molecular weight is 450 g/mol. The number of H-pyrrole nitrogens is 1. The summed E-state index contributed by atoms with van der Waals surface area (Å²) >= 11 is 0. The predicted octanol–water partition coefficient (Wildman–Crippen LogP) is 5.01. The molecule has 0 bridgehead atoms. The van der Waals surface area contributed by atoms with Crippen molar-refractivity contribution >= 4 is 28.0 Å². The van der Waals surface area contributed by atoms with E-state index in [9.17, 15) is 0 Å². The number of benzene rings is 1. The van der Waals surface area contributed by atoms with Crippen molar-refractivity contribution in [3.63, 3.8) is 0 Å². The summed E-state index contributed by atoms with van der Waals surface area (Å²) in [6.45, 7) is 1.58. The molecule has 1 unspecified atom stereocenters. The van der Waals surface area contributed by atoms with Crippen LogP contribution in [0.2, 0.25) is 0 Å². The van der Waals surface area contributed by atoms with E-state index in [-0.39, 0.29) is 17.0 Å². The number of hydrogen-bond donors (Lipinski definition) is 1. The predicted molar refractivity (Wildman–Crippen MR) is 120 cm³/mol. The molecule has 0 saturated carbocycles. The second kappa shape index (κ2) is 8.84. The molecule has 1 aromatic carbocycles. The zero-order chi connectivity index (χ0) is 18.8. The number of halogens is 1. The van der Waals surface area contributed by atoms with Gasteiger partial charge in [0.15, 0.2) is 0 Å². The fourth-order valence-electron chi connectivity index (χ4n) is 4.22. The number of hydrogen-bond acceptors (Lipinski definition) is 4. The molecule has 5 nitrogen and oxygen atoms in total. The van der Waals surface area contributed by atoms with Gasteiger partial charge in [-0.25, -0.2) is 4.98 Å². The van der Waals surface area contributed by atoms with E-state index in [1.165, 1.54) is 23.2 Å². The van der Waals surface area contributed by atoms with E-state index in [0.29, 0.717) is 6.04 Å². The Morgan fingerprint density at radius 1 is 1.00 bits per heavy atom. The van der Waals surface area contributed by atoms with E-state index in [2.05, 4.69) is 39.1 Å². The summed E-state index contributed by atoms with van der Waals surface area (Å²) in [4.78, 5) is 19.8. The van der Waals surface area contributed by atoms with Crippen molar-refractivity contribution in [2.45, 2.75) is 38.4 Å². The number of rotatable bonds is 5. The van der Waals surface area contributed by atoms with E-state index >= 15 is 0 Å². The second-order valence-electron chi connectivity index (χ2n) is 7.42. The van der Waals surface area contributed by atoms with E-state index in [1.807, 2.05) is 42.9 Å². The Balaban J connectivity index is 0.00000205. The fraction of sp³-hybridized carbons (Fsp3) is 0.261. The summed E-state index contributed by atoms with van der Waals surface area (Å²) in [6, 6.07) is 16.9. The third-order valence-electron chi connectivity index (χ3n) is 5.51. The molecular weight excluding hydrogens is 426 g/mol. The van der Waals surface area contributed by atoms with Crippen molar-refractivity contribution in [2.24, 2.45) is 0 Å². The number of nitrogens with one attached hydrogen (secondary N) is 1. The normalized spacial score (nSPS) is 15.8. The Morgan fingerprint density at radius 2 is 1.90 bits per heavy atom. The zero-order valence-electron chi connectivity index (χ0n) is 16.2. The van der Waals surface area contributed by atoms with Crippen molar-refractivity contribution in [3.05, 3.63) is 89.8 Å². The van der Waals surface area contributed by atoms with Gasteiger partial charge in [0.1, 0.15) is 5.82 Å². The molecule has 148 valence electrons. The SMILES string of the molecule is Br.c1cncc(CN(Cc2nc3ccccc3[nH]2)C2CCCc3cccnc32)c1. The van der Waals surface area contributed by atoms with Gasteiger partial charge in [-0.2, -0.15) is 0 Å². The first-order valence-corrected chi connectivity index (χ1v) is 9.87. The number of para-hydroxylation sites is 2. The Kier molecular flexibility index (Phi) is 6.02. The van der Waals surface area contributed by atoms with Crippen LogP contribution in [0.3, 0.4) is 0 Å². The van der Waals surface area contributed by atoms with Crippen molar-refractivity contribution in [3.8, 4) is 0 Å². The quantitative estimate of drug-likeness (QED) is 0.465. The number of pyridine rings is 2. The molecule has 0 aliphatic heterocycles. The molecule has 4 aromatic rings. The van der Waals surface area contributed by atoms with Crippen LogP contribution in [0.4, 0.5) is 0 Å². The Labute approximate surface area is 181 Å². The van der Waals surface area contributed by atoms with E-state index in [1.54, 1.807) is 0 Å². The summed E-state index contributed by atoms with van der Waals surface area (Å²) in [7, 11) is 0. The van der Waals surface area contributed by atoms with Gasteiger partial charge in [0.25, 0.3) is 0 Å². The second-order valence-corrected chi connectivity index (χ2v) is 7.42. The minimum absolute atomic E-state index is 0. The maximum atomic E-state index is 4.81. The summed E-state index contributed by atoms with van der Waals surface area (Å²) in [5.41, 5.74) is 5.90. The summed E-state index contributed by atoms with van der Waals surface area (Å²) < 4.78 is 0. The highest BCUT2D eigenvalue weighted by molar-refractivity contribution is 8.93. The number of aryl methyl sites for hydroxylation is 1. The highest BCUT2D eigenvalue weighted by atomic mass is 79.9. The van der Waals surface area contributed by atoms with Crippen LogP contribution in [0.5, 0.6) is 0 Å². The molecular formula is C23H24BrN5. The Morgan fingerprint density at radius 3 is 2.76 bits per heavy atom. The molecule has 1 aliphatic carbocycles. The topological polar surface area (TPSA) is 57.7 Å². The Hall–Kier alpha value is -2.57. The summed E-state index contributed by atoms with van der Waals surface area (Å²) in [5.74, 6) is 0.994. The van der Waals surface area contributed by atoms with Crippen LogP contribution in [-0.2, 0) is 19.5 Å². The van der Waals surface area contributed by atoms with Crippen molar-refractivity contribution in [1.29, 1.82) is 0 Å². The van der Waals surface area contributed by atoms with Gasteiger partial charge in [0, 0.05) is 25.1 Å². The lowest BCUT2D eigenvalue weighted by Gasteiger charge is -2.34. The molecule has 1 N–H and O–H groups in total. The fourth-order valence-corrected chi connectivity index (χ4v) is 4.22. The first-order valence-electron chi connectivity index (χ1n) is 9.87. The lowest BCUT2D eigenvalue weighted by atomic mass is 9.90. The van der Waals surface area contributed by atoms with Gasteiger partial charge in [-0.05, 0) is 54.7 Å². The molecule has 3 heterocycles. The van der Waals surface area contributed by atoms with Gasteiger partial charge >= 0.3 is 0 Å². The van der Waals surface area contributed by atoms with Crippen LogP contribution < -0.4 is 0 Å². The smallest absolute Gasteiger partial charge is 0.121 e. The standard InChI is InChI=1S/C23H23N5.BrH/c1-2-10-20-19(9-1)26-22(27-20)16-28(15-17-6-4-12-24-14-17)21-11-3-7-18-8-5-13-25-23(18)21;/h1-2,4-6,8-10,12-14,21H,3,7,11,15-16H2,(H,26,27);1H. The zero-order valence-corrected chi connectivity index (χ0v) is 17.9. The molecule has 1 atom stereocenters. The van der Waals surface area contributed by atoms with Crippen LogP contribution in [0, 0.1) is 0 Å². The lowest BCUT2D eigenvalue weighted by molar-refractivity contribution is 0.153. The van der Waals surface area contributed by atoms with Crippen molar-refractivity contribution in [1.82, 2.24) is 24.8 Å². The largest absolute Gasteiger partial charge is 0.341 e. The number of fused-ring (bicyclic) bond motifs is 2. The van der Waals surface area contributed by atoms with Gasteiger partial charge in [0.2, 0.25) is 0 Å². The Bertz CT molecular complexity index is 1050. The van der Waals surface area contributed by atoms with Crippen LogP contribution in [0.25, 0.3) is 11.0 Å². The van der Waals surface area contributed by atoms with Crippen LogP contribution in [-0.4, -0.2) is 24.8 Å². The number of aromatic amines is 1. The highest BCUT2D eigenvalue weighted by Gasteiger charge is 2.28. The van der Waals surface area contributed by atoms with Gasteiger partial charge in [-0.3, -0.25) is 14.9 Å². The van der Waals surface area contributed by atoms with Crippen LogP contribution in [0.15, 0.2) is 67.1 Å². The van der Waals surface area contributed by atoms with Gasteiger partial charge in [-0.15, -0.1) is 17.0 Å².